The molecule has 2 aromatic rings. The fourth-order valence-corrected chi connectivity index (χ4v) is 2.55. The summed E-state index contributed by atoms with van der Waals surface area (Å²) in [7, 11) is 0. The zero-order chi connectivity index (χ0) is 14.4. The lowest BCUT2D eigenvalue weighted by Crippen LogP contribution is -2.41. The van der Waals surface area contributed by atoms with Crippen molar-refractivity contribution in [2.24, 2.45) is 0 Å². The van der Waals surface area contributed by atoms with E-state index in [4.69, 9.17) is 0 Å². The summed E-state index contributed by atoms with van der Waals surface area (Å²) >= 11 is 0. The Bertz CT molecular complexity index is 472. The van der Waals surface area contributed by atoms with Crippen LogP contribution in [0, 0.1) is 0 Å². The number of nitrogens with zero attached hydrogens (tertiary/aromatic N) is 1. The molecule has 0 aliphatic heterocycles. The Balaban J connectivity index is 0.00000220. The molecule has 1 N–H and O–H groups in total. The summed E-state index contributed by atoms with van der Waals surface area (Å²) < 4.78 is 0. The van der Waals surface area contributed by atoms with Gasteiger partial charge in [-0.1, -0.05) is 74.5 Å². The van der Waals surface area contributed by atoms with Crippen molar-refractivity contribution < 1.29 is 5.11 Å². The SMILES string of the molecule is CCN(CC)CC(O)(c1ccccc1)c1ccccc1.Cl. The highest BCUT2D eigenvalue weighted by molar-refractivity contribution is 5.85. The molecule has 0 saturated heterocycles. The fourth-order valence-electron chi connectivity index (χ4n) is 2.55. The van der Waals surface area contributed by atoms with Crippen molar-refractivity contribution >= 4 is 12.4 Å². The maximum absolute atomic E-state index is 11.3. The molecule has 2 rings (SSSR count). The van der Waals surface area contributed by atoms with Crippen molar-refractivity contribution in [1.82, 2.24) is 4.90 Å². The first-order chi connectivity index (χ1) is 9.70. The molecule has 0 aliphatic carbocycles. The molecule has 2 aromatic carbocycles. The molecular weight excluding hydrogens is 282 g/mol. The number of likely N-dealkylation sites (N-methyl/N-ethyl adjacent to an activating group) is 1. The molecule has 0 spiro atoms. The van der Waals surface area contributed by atoms with Gasteiger partial charge in [0.2, 0.25) is 0 Å². The number of halogens is 1. The minimum atomic E-state index is -0.964. The predicted octanol–water partition coefficient (Wildman–Crippen LogP) is 3.69. The van der Waals surface area contributed by atoms with Crippen LogP contribution in [0.5, 0.6) is 0 Å². The quantitative estimate of drug-likeness (QED) is 0.880. The smallest absolute Gasteiger partial charge is 0.127 e. The van der Waals surface area contributed by atoms with Gasteiger partial charge in [-0.25, -0.2) is 0 Å². The average molecular weight is 306 g/mol. The minimum absolute atomic E-state index is 0. The van der Waals surface area contributed by atoms with Crippen LogP contribution in [0.1, 0.15) is 25.0 Å². The van der Waals surface area contributed by atoms with E-state index < -0.39 is 5.60 Å². The van der Waals surface area contributed by atoms with Crippen molar-refractivity contribution in [2.45, 2.75) is 19.4 Å². The van der Waals surface area contributed by atoms with Gasteiger partial charge in [0.25, 0.3) is 0 Å². The molecular formula is C18H24ClNO. The first-order valence-electron chi connectivity index (χ1n) is 7.26. The Morgan fingerprint density at radius 2 is 1.19 bits per heavy atom. The molecule has 21 heavy (non-hydrogen) atoms. The third kappa shape index (κ3) is 4.07. The zero-order valence-corrected chi connectivity index (χ0v) is 13.5. The van der Waals surface area contributed by atoms with E-state index in [0.29, 0.717) is 6.54 Å². The Kier molecular flexibility index (Phi) is 6.90. The van der Waals surface area contributed by atoms with Gasteiger partial charge < -0.3 is 10.0 Å². The topological polar surface area (TPSA) is 23.5 Å². The van der Waals surface area contributed by atoms with Crippen molar-refractivity contribution in [2.75, 3.05) is 19.6 Å². The molecule has 114 valence electrons. The molecule has 0 heterocycles. The van der Waals surface area contributed by atoms with E-state index in [0.717, 1.165) is 24.2 Å². The molecule has 0 radical (unpaired) electrons. The van der Waals surface area contributed by atoms with E-state index in [1.54, 1.807) is 0 Å². The Morgan fingerprint density at radius 3 is 1.52 bits per heavy atom. The highest BCUT2D eigenvalue weighted by Gasteiger charge is 2.32. The van der Waals surface area contributed by atoms with Gasteiger partial charge in [-0.05, 0) is 24.2 Å². The van der Waals surface area contributed by atoms with Crippen LogP contribution in [0.25, 0.3) is 0 Å². The third-order valence-electron chi connectivity index (χ3n) is 3.85. The fraction of sp³-hybridized carbons (Fsp3) is 0.333. The van der Waals surface area contributed by atoms with Crippen LogP contribution >= 0.6 is 12.4 Å². The van der Waals surface area contributed by atoms with Crippen LogP contribution in [0.4, 0.5) is 0 Å². The van der Waals surface area contributed by atoms with E-state index in [2.05, 4.69) is 18.7 Å². The molecule has 2 nitrogen and oxygen atoms in total. The first kappa shape index (κ1) is 17.7. The molecule has 0 saturated carbocycles. The molecule has 0 amide bonds. The molecule has 0 aliphatic rings. The number of aliphatic hydroxyl groups is 1. The van der Waals surface area contributed by atoms with Crippen LogP contribution in [-0.2, 0) is 5.60 Å². The number of hydrogen-bond acceptors (Lipinski definition) is 2. The molecule has 0 atom stereocenters. The highest BCUT2D eigenvalue weighted by Crippen LogP contribution is 2.30. The lowest BCUT2D eigenvalue weighted by Gasteiger charge is -2.34. The third-order valence-corrected chi connectivity index (χ3v) is 3.85. The standard InChI is InChI=1S/C18H23NO.ClH/c1-3-19(4-2)15-18(20,16-11-7-5-8-12-16)17-13-9-6-10-14-17;/h5-14,20H,3-4,15H2,1-2H3;1H. The van der Waals surface area contributed by atoms with Crippen LogP contribution in [-0.4, -0.2) is 29.6 Å². The Morgan fingerprint density at radius 1 is 0.810 bits per heavy atom. The van der Waals surface area contributed by atoms with Gasteiger partial charge in [0.1, 0.15) is 5.60 Å². The summed E-state index contributed by atoms with van der Waals surface area (Å²) in [5.74, 6) is 0. The molecule has 0 fully saturated rings. The Hall–Kier alpha value is -1.35. The molecule has 0 bridgehead atoms. The number of rotatable bonds is 6. The van der Waals surface area contributed by atoms with Gasteiger partial charge in [0.05, 0.1) is 0 Å². The van der Waals surface area contributed by atoms with Crippen molar-refractivity contribution in [1.29, 1.82) is 0 Å². The molecule has 0 aromatic heterocycles. The van der Waals surface area contributed by atoms with Gasteiger partial charge in [-0.15, -0.1) is 12.4 Å². The van der Waals surface area contributed by atoms with E-state index >= 15 is 0 Å². The van der Waals surface area contributed by atoms with Crippen LogP contribution in [0.3, 0.4) is 0 Å². The summed E-state index contributed by atoms with van der Waals surface area (Å²) in [4.78, 5) is 2.25. The van der Waals surface area contributed by atoms with Crippen molar-refractivity contribution in [3.05, 3.63) is 71.8 Å². The van der Waals surface area contributed by atoms with Crippen molar-refractivity contribution in [3.8, 4) is 0 Å². The van der Waals surface area contributed by atoms with Gasteiger partial charge in [-0.2, -0.15) is 0 Å². The van der Waals surface area contributed by atoms with Gasteiger partial charge in [-0.3, -0.25) is 0 Å². The van der Waals surface area contributed by atoms with Gasteiger partial charge in [0.15, 0.2) is 0 Å². The normalized spacial score (nSPS) is 11.2. The second-order valence-corrected chi connectivity index (χ2v) is 5.05. The summed E-state index contributed by atoms with van der Waals surface area (Å²) in [6.07, 6.45) is 0. The lowest BCUT2D eigenvalue weighted by atomic mass is 9.86. The zero-order valence-electron chi connectivity index (χ0n) is 12.7. The average Bonchev–Trinajstić information content (AvgIpc) is 2.54. The van der Waals surface area contributed by atoms with Gasteiger partial charge >= 0.3 is 0 Å². The van der Waals surface area contributed by atoms with Crippen LogP contribution in [0.2, 0.25) is 0 Å². The largest absolute Gasteiger partial charge is 0.379 e. The molecule has 0 unspecified atom stereocenters. The maximum atomic E-state index is 11.3. The summed E-state index contributed by atoms with van der Waals surface area (Å²) in [6, 6.07) is 19.9. The summed E-state index contributed by atoms with van der Waals surface area (Å²) in [6.45, 7) is 6.71. The van der Waals surface area contributed by atoms with E-state index in [1.165, 1.54) is 0 Å². The lowest BCUT2D eigenvalue weighted by molar-refractivity contribution is 0.0389. The second kappa shape index (κ2) is 8.18. The first-order valence-corrected chi connectivity index (χ1v) is 7.26. The summed E-state index contributed by atoms with van der Waals surface area (Å²) in [5.41, 5.74) is 0.922. The second-order valence-electron chi connectivity index (χ2n) is 5.05. The van der Waals surface area contributed by atoms with E-state index in [9.17, 15) is 5.11 Å². The monoisotopic (exact) mass is 305 g/mol. The summed E-state index contributed by atoms with van der Waals surface area (Å²) in [5, 5.41) is 11.3. The number of hydrogen-bond donors (Lipinski definition) is 1. The van der Waals surface area contributed by atoms with E-state index in [-0.39, 0.29) is 12.4 Å². The van der Waals surface area contributed by atoms with Crippen LogP contribution < -0.4 is 0 Å². The van der Waals surface area contributed by atoms with Gasteiger partial charge in [0, 0.05) is 6.54 Å². The number of benzene rings is 2. The predicted molar refractivity (Wildman–Crippen MR) is 90.9 cm³/mol. The van der Waals surface area contributed by atoms with Crippen molar-refractivity contribution in [3.63, 3.8) is 0 Å². The van der Waals surface area contributed by atoms with Crippen LogP contribution in [0.15, 0.2) is 60.7 Å². The molecule has 3 heteroatoms. The Labute approximate surface area is 133 Å². The maximum Gasteiger partial charge on any atom is 0.127 e. The van der Waals surface area contributed by atoms with E-state index in [1.807, 2.05) is 60.7 Å². The minimum Gasteiger partial charge on any atom is -0.379 e. The highest BCUT2D eigenvalue weighted by atomic mass is 35.5.